The van der Waals surface area contributed by atoms with E-state index < -0.39 is 17.7 Å². The molecule has 156 valence electrons. The van der Waals surface area contributed by atoms with Crippen molar-refractivity contribution in [2.24, 2.45) is 5.92 Å². The van der Waals surface area contributed by atoms with Gasteiger partial charge in [-0.15, -0.1) is 0 Å². The molecule has 1 saturated heterocycles. The Morgan fingerprint density at radius 3 is 2.22 bits per heavy atom. The highest BCUT2D eigenvalue weighted by Gasteiger charge is 2.33. The first-order valence-electron chi connectivity index (χ1n) is 10.7. The number of likely N-dealkylation sites (tertiary alicyclic amines) is 1. The summed E-state index contributed by atoms with van der Waals surface area (Å²) >= 11 is 0. The first-order valence-corrected chi connectivity index (χ1v) is 10.7. The lowest BCUT2D eigenvalue weighted by atomic mass is 9.90. The predicted octanol–water partition coefficient (Wildman–Crippen LogP) is 3.88. The fourth-order valence-corrected chi connectivity index (χ4v) is 3.86. The molecule has 1 aliphatic carbocycles. The third kappa shape index (κ3) is 7.68. The van der Waals surface area contributed by atoms with Gasteiger partial charge in [0, 0.05) is 19.7 Å². The predicted molar refractivity (Wildman–Crippen MR) is 106 cm³/mol. The Morgan fingerprint density at radius 1 is 1.04 bits per heavy atom. The van der Waals surface area contributed by atoms with Crippen molar-refractivity contribution in [1.29, 1.82) is 0 Å². The molecular weight excluding hydrogens is 344 g/mol. The van der Waals surface area contributed by atoms with E-state index >= 15 is 0 Å². The molecule has 0 spiro atoms. The second kappa shape index (κ2) is 10.3. The molecule has 27 heavy (non-hydrogen) atoms. The number of amides is 2. The molecule has 6 heteroatoms. The third-order valence-electron chi connectivity index (χ3n) is 5.40. The van der Waals surface area contributed by atoms with Crippen molar-refractivity contribution >= 4 is 12.0 Å². The average molecular weight is 383 g/mol. The van der Waals surface area contributed by atoms with Gasteiger partial charge in [-0.1, -0.05) is 19.3 Å². The average Bonchev–Trinajstić information content (AvgIpc) is 2.64. The minimum Gasteiger partial charge on any atom is -0.444 e. The smallest absolute Gasteiger partial charge is 0.408 e. The van der Waals surface area contributed by atoms with Crippen molar-refractivity contribution in [1.82, 2.24) is 10.2 Å². The number of nitrogens with one attached hydrogen (secondary N) is 1. The van der Waals surface area contributed by atoms with E-state index in [1.165, 1.54) is 32.1 Å². The monoisotopic (exact) mass is 382 g/mol. The zero-order chi connectivity index (χ0) is 19.9. The number of ether oxygens (including phenoxy) is 2. The molecule has 1 N–H and O–H groups in total. The van der Waals surface area contributed by atoms with Gasteiger partial charge < -0.3 is 19.7 Å². The molecule has 0 unspecified atom stereocenters. The van der Waals surface area contributed by atoms with E-state index in [1.54, 1.807) is 0 Å². The Hall–Kier alpha value is -1.30. The maximum Gasteiger partial charge on any atom is 0.408 e. The molecule has 1 aliphatic heterocycles. The second-order valence-corrected chi connectivity index (χ2v) is 9.05. The van der Waals surface area contributed by atoms with Gasteiger partial charge in [-0.3, -0.25) is 4.79 Å². The van der Waals surface area contributed by atoms with Crippen LogP contribution in [0.15, 0.2) is 0 Å². The van der Waals surface area contributed by atoms with Gasteiger partial charge in [0.15, 0.2) is 0 Å². The molecule has 1 heterocycles. The Labute approximate surface area is 164 Å². The SMILES string of the molecule is C[C@@H](OCC1CCCCC1)[C@@H](NC(=O)OC(C)(C)C)C(=O)N1CCCCC1. The molecule has 2 aliphatic rings. The van der Waals surface area contributed by atoms with E-state index in [0.717, 1.165) is 32.4 Å². The summed E-state index contributed by atoms with van der Waals surface area (Å²) in [5, 5.41) is 2.78. The van der Waals surface area contributed by atoms with Gasteiger partial charge in [-0.05, 0) is 65.7 Å². The summed E-state index contributed by atoms with van der Waals surface area (Å²) in [7, 11) is 0. The van der Waals surface area contributed by atoms with Gasteiger partial charge in [0.2, 0.25) is 5.91 Å². The molecule has 2 amide bonds. The quantitative estimate of drug-likeness (QED) is 0.757. The van der Waals surface area contributed by atoms with Crippen LogP contribution in [-0.2, 0) is 14.3 Å². The number of carbonyl (C=O) groups excluding carboxylic acids is 2. The minimum atomic E-state index is -0.707. The van der Waals surface area contributed by atoms with Crippen LogP contribution in [-0.4, -0.2) is 54.3 Å². The van der Waals surface area contributed by atoms with Gasteiger partial charge >= 0.3 is 6.09 Å². The van der Waals surface area contributed by atoms with E-state index in [-0.39, 0.29) is 12.0 Å². The molecule has 0 bridgehead atoms. The lowest BCUT2D eigenvalue weighted by molar-refractivity contribution is -0.138. The lowest BCUT2D eigenvalue weighted by Crippen LogP contribution is -2.56. The van der Waals surface area contributed by atoms with Gasteiger partial charge in [-0.25, -0.2) is 4.79 Å². The number of piperidine rings is 1. The number of hydrogen-bond donors (Lipinski definition) is 1. The van der Waals surface area contributed by atoms with E-state index in [1.807, 2.05) is 32.6 Å². The summed E-state index contributed by atoms with van der Waals surface area (Å²) in [5.41, 5.74) is -0.602. The van der Waals surface area contributed by atoms with Crippen molar-refractivity contribution in [2.75, 3.05) is 19.7 Å². The molecule has 0 radical (unpaired) electrons. The highest BCUT2D eigenvalue weighted by atomic mass is 16.6. The fraction of sp³-hybridized carbons (Fsp3) is 0.905. The van der Waals surface area contributed by atoms with Crippen LogP contribution in [0.4, 0.5) is 4.79 Å². The van der Waals surface area contributed by atoms with E-state index in [4.69, 9.17) is 9.47 Å². The van der Waals surface area contributed by atoms with Gasteiger partial charge in [0.25, 0.3) is 0 Å². The molecule has 2 atom stereocenters. The van der Waals surface area contributed by atoms with E-state index in [2.05, 4.69) is 5.32 Å². The Balaban J connectivity index is 1.97. The summed E-state index contributed by atoms with van der Waals surface area (Å²) in [5.74, 6) is 0.505. The van der Waals surface area contributed by atoms with Gasteiger partial charge in [0.05, 0.1) is 6.10 Å². The topological polar surface area (TPSA) is 67.9 Å². The number of hydrogen-bond acceptors (Lipinski definition) is 4. The van der Waals surface area contributed by atoms with Crippen molar-refractivity contribution in [3.05, 3.63) is 0 Å². The van der Waals surface area contributed by atoms with Crippen LogP contribution in [0, 0.1) is 5.92 Å². The fourth-order valence-electron chi connectivity index (χ4n) is 3.86. The first-order chi connectivity index (χ1) is 12.8. The molecule has 2 rings (SSSR count). The summed E-state index contributed by atoms with van der Waals surface area (Å²) in [6.07, 6.45) is 8.45. The summed E-state index contributed by atoms with van der Waals surface area (Å²) in [6, 6.07) is -0.707. The van der Waals surface area contributed by atoms with Crippen LogP contribution in [0.25, 0.3) is 0 Å². The first kappa shape index (κ1) is 22.0. The largest absolute Gasteiger partial charge is 0.444 e. The normalized spacial score (nSPS) is 21.4. The Kier molecular flexibility index (Phi) is 8.39. The molecule has 1 saturated carbocycles. The zero-order valence-corrected chi connectivity index (χ0v) is 17.6. The number of rotatable bonds is 6. The van der Waals surface area contributed by atoms with Gasteiger partial charge in [0.1, 0.15) is 11.6 Å². The van der Waals surface area contributed by atoms with Crippen LogP contribution < -0.4 is 5.32 Å². The number of carbonyl (C=O) groups is 2. The Bertz CT molecular complexity index is 477. The van der Waals surface area contributed by atoms with Crippen LogP contribution in [0.5, 0.6) is 0 Å². The van der Waals surface area contributed by atoms with E-state index in [0.29, 0.717) is 12.5 Å². The van der Waals surface area contributed by atoms with Crippen molar-refractivity contribution in [2.45, 2.75) is 96.8 Å². The standard InChI is InChI=1S/C21H38N2O4/c1-16(26-15-17-11-7-5-8-12-17)18(22-20(25)27-21(2,3)4)19(24)23-13-9-6-10-14-23/h16-18H,5-15H2,1-4H3,(H,22,25)/t16-,18-/m1/s1. The maximum absolute atomic E-state index is 13.1. The van der Waals surface area contributed by atoms with Crippen LogP contribution in [0.2, 0.25) is 0 Å². The number of alkyl carbamates (subject to hydrolysis) is 1. The summed E-state index contributed by atoms with van der Waals surface area (Å²) in [6.45, 7) is 9.49. The van der Waals surface area contributed by atoms with E-state index in [9.17, 15) is 9.59 Å². The molecule has 0 aromatic rings. The zero-order valence-electron chi connectivity index (χ0n) is 17.6. The molecule has 0 aromatic heterocycles. The van der Waals surface area contributed by atoms with Crippen LogP contribution in [0.1, 0.15) is 79.1 Å². The summed E-state index contributed by atoms with van der Waals surface area (Å²) in [4.78, 5) is 27.2. The molecule has 2 fully saturated rings. The number of nitrogens with zero attached hydrogens (tertiary/aromatic N) is 1. The third-order valence-corrected chi connectivity index (χ3v) is 5.40. The maximum atomic E-state index is 13.1. The molecule has 6 nitrogen and oxygen atoms in total. The highest BCUT2D eigenvalue weighted by molar-refractivity contribution is 5.86. The van der Waals surface area contributed by atoms with Crippen molar-refractivity contribution < 1.29 is 19.1 Å². The summed E-state index contributed by atoms with van der Waals surface area (Å²) < 4.78 is 11.4. The highest BCUT2D eigenvalue weighted by Crippen LogP contribution is 2.24. The van der Waals surface area contributed by atoms with Crippen LogP contribution in [0.3, 0.4) is 0 Å². The Morgan fingerprint density at radius 2 is 1.63 bits per heavy atom. The van der Waals surface area contributed by atoms with Crippen molar-refractivity contribution in [3.8, 4) is 0 Å². The molecule has 0 aromatic carbocycles. The second-order valence-electron chi connectivity index (χ2n) is 9.05. The molecular formula is C21H38N2O4. The van der Waals surface area contributed by atoms with Crippen LogP contribution >= 0.6 is 0 Å². The lowest BCUT2D eigenvalue weighted by Gasteiger charge is -2.34. The van der Waals surface area contributed by atoms with Gasteiger partial charge in [-0.2, -0.15) is 0 Å². The van der Waals surface area contributed by atoms with Crippen molar-refractivity contribution in [3.63, 3.8) is 0 Å². The minimum absolute atomic E-state index is 0.0586.